The third-order valence-electron chi connectivity index (χ3n) is 4.82. The van der Waals surface area contributed by atoms with Gasteiger partial charge in [-0.25, -0.2) is 0 Å². The number of nitrogens with zero attached hydrogens (tertiary/aromatic N) is 2. The molecule has 0 unspecified atom stereocenters. The molecular weight excluding hydrogens is 579 g/mol. The summed E-state index contributed by atoms with van der Waals surface area (Å²) in [5, 5.41) is 0. The molecule has 146 valence electrons. The number of rotatable bonds is 7. The molecule has 6 heteroatoms. The zero-order valence-corrected chi connectivity index (χ0v) is 20.8. The van der Waals surface area contributed by atoms with Crippen LogP contribution >= 0.6 is 0 Å². The van der Waals surface area contributed by atoms with Crippen molar-refractivity contribution in [2.45, 2.75) is 38.8 Å². The average Bonchev–Trinajstić information content (AvgIpc) is 3.42. The fourth-order valence-electron chi connectivity index (χ4n) is 3.07. The molecule has 0 amide bonds. The van der Waals surface area contributed by atoms with E-state index in [2.05, 4.69) is 62.4 Å². The second kappa shape index (κ2) is 9.64. The summed E-state index contributed by atoms with van der Waals surface area (Å²) in [4.78, 5) is 9.56. The van der Waals surface area contributed by atoms with Crippen molar-refractivity contribution in [3.8, 4) is 0 Å². The molecule has 2 heterocycles. The van der Waals surface area contributed by atoms with Crippen molar-refractivity contribution in [1.82, 2.24) is 0 Å². The van der Waals surface area contributed by atoms with Gasteiger partial charge < -0.3 is 0 Å². The van der Waals surface area contributed by atoms with Crippen LogP contribution in [0.15, 0.2) is 58.5 Å². The Balaban J connectivity index is 1.54. The quantitative estimate of drug-likeness (QED) is 0.456. The Kier molecular flexibility index (Phi) is 6.97. The van der Waals surface area contributed by atoms with Gasteiger partial charge in [-0.2, -0.15) is 0 Å². The molecule has 0 saturated heterocycles. The summed E-state index contributed by atoms with van der Waals surface area (Å²) in [6, 6.07) is 18.0. The van der Waals surface area contributed by atoms with E-state index >= 15 is 0 Å². The van der Waals surface area contributed by atoms with Crippen molar-refractivity contribution in [3.63, 3.8) is 0 Å². The van der Waals surface area contributed by atoms with Crippen LogP contribution in [-0.4, -0.2) is 71.2 Å². The summed E-state index contributed by atoms with van der Waals surface area (Å²) in [6.07, 6.45) is 2.07. The summed E-state index contributed by atoms with van der Waals surface area (Å²) in [5.41, 5.74) is 2.42. The Bertz CT molecular complexity index is 824. The summed E-state index contributed by atoms with van der Waals surface area (Å²) >= 11 is -0.620. The minimum absolute atomic E-state index is 0.310. The van der Waals surface area contributed by atoms with E-state index < -0.39 is 0 Å². The molecule has 2 atom stereocenters. The van der Waals surface area contributed by atoms with E-state index in [0.29, 0.717) is 12.1 Å². The number of hydrogen-bond donors (Lipinski definition) is 0. The van der Waals surface area contributed by atoms with Gasteiger partial charge in [-0.1, -0.05) is 0 Å². The molecular formula is C22H24N2O2Te2. The van der Waals surface area contributed by atoms with E-state index in [1.165, 1.54) is 18.3 Å². The van der Waals surface area contributed by atoms with Gasteiger partial charge in [0.1, 0.15) is 0 Å². The molecule has 0 fully saturated rings. The van der Waals surface area contributed by atoms with Gasteiger partial charge in [-0.15, -0.1) is 0 Å². The van der Waals surface area contributed by atoms with Crippen LogP contribution in [0.5, 0.6) is 0 Å². The number of ether oxygens (including phenoxy) is 2. The predicted octanol–water partition coefficient (Wildman–Crippen LogP) is 2.07. The van der Waals surface area contributed by atoms with Crippen LogP contribution in [0.3, 0.4) is 0 Å². The average molecular weight is 604 g/mol. The van der Waals surface area contributed by atoms with Crippen LogP contribution in [0, 0.1) is 0 Å². The first kappa shape index (κ1) is 20.2. The van der Waals surface area contributed by atoms with Crippen molar-refractivity contribution < 1.29 is 9.47 Å². The van der Waals surface area contributed by atoms with E-state index in [0.717, 1.165) is 37.9 Å². The molecule has 2 aliphatic rings. The third kappa shape index (κ3) is 4.58. The Morgan fingerprint density at radius 3 is 1.57 bits per heavy atom. The molecule has 2 aromatic rings. The van der Waals surface area contributed by atoms with Crippen LogP contribution in [0.25, 0.3) is 0 Å². The van der Waals surface area contributed by atoms with Gasteiger partial charge >= 0.3 is 184 Å². The summed E-state index contributed by atoms with van der Waals surface area (Å²) in [5.74, 6) is 1.70. The topological polar surface area (TPSA) is 43.2 Å². The molecule has 4 rings (SSSR count). The number of benzene rings is 2. The van der Waals surface area contributed by atoms with E-state index in [1.807, 2.05) is 0 Å². The van der Waals surface area contributed by atoms with Crippen molar-refractivity contribution in [2.24, 2.45) is 9.98 Å². The second-order valence-electron chi connectivity index (χ2n) is 6.77. The molecule has 0 N–H and O–H groups in total. The second-order valence-corrected chi connectivity index (χ2v) is 16.6. The van der Waals surface area contributed by atoms with Gasteiger partial charge in [-0.05, 0) is 0 Å². The van der Waals surface area contributed by atoms with Gasteiger partial charge in [0.15, 0.2) is 0 Å². The molecule has 0 aromatic heterocycles. The number of aliphatic imine (C=N–C) groups is 2. The molecule has 4 nitrogen and oxygen atoms in total. The standard InChI is InChI=1S/C22H24N2O2Te2/c1-3-15-13-25-21(23-15)17-9-5-7-11-19(17)27-28-20-12-8-6-10-18(20)22-24-16(4-2)14-26-22/h5-12,15-16H,3-4,13-14H2,1-2H3/t15-,16-/m1/s1. The predicted molar refractivity (Wildman–Crippen MR) is 117 cm³/mol. The van der Waals surface area contributed by atoms with Gasteiger partial charge in [0.25, 0.3) is 0 Å². The van der Waals surface area contributed by atoms with Crippen LogP contribution < -0.4 is 7.22 Å². The van der Waals surface area contributed by atoms with Gasteiger partial charge in [0, 0.05) is 0 Å². The maximum absolute atomic E-state index is 5.91. The summed E-state index contributed by atoms with van der Waals surface area (Å²) in [7, 11) is 0. The maximum atomic E-state index is 5.91. The SMILES string of the molecule is CC[C@@H]1COC(c2ccccc2[Te][Te]c2ccccc2C2=N[C@H](CC)CO2)=N1. The van der Waals surface area contributed by atoms with E-state index in [-0.39, 0.29) is 34.1 Å². The molecule has 0 bridgehead atoms. The Hall–Kier alpha value is -1.04. The fourth-order valence-corrected chi connectivity index (χ4v) is 14.7. The van der Waals surface area contributed by atoms with Gasteiger partial charge in [0.2, 0.25) is 0 Å². The molecule has 0 saturated carbocycles. The third-order valence-corrected chi connectivity index (χ3v) is 16.6. The van der Waals surface area contributed by atoms with Crippen molar-refractivity contribution in [1.29, 1.82) is 0 Å². The number of hydrogen-bond acceptors (Lipinski definition) is 4. The summed E-state index contributed by atoms with van der Waals surface area (Å²) < 4.78 is 14.7. The van der Waals surface area contributed by atoms with E-state index in [4.69, 9.17) is 19.5 Å². The fraction of sp³-hybridized carbons (Fsp3) is 0.364. The van der Waals surface area contributed by atoms with Crippen LogP contribution in [0.2, 0.25) is 0 Å². The zero-order valence-electron chi connectivity index (χ0n) is 16.1. The molecule has 2 aliphatic heterocycles. The Morgan fingerprint density at radius 2 is 1.18 bits per heavy atom. The monoisotopic (exact) mass is 608 g/mol. The first-order valence-electron chi connectivity index (χ1n) is 9.73. The Morgan fingerprint density at radius 1 is 0.750 bits per heavy atom. The molecule has 0 radical (unpaired) electrons. The molecule has 28 heavy (non-hydrogen) atoms. The first-order valence-corrected chi connectivity index (χ1v) is 19.4. The first-order chi connectivity index (χ1) is 13.8. The van der Waals surface area contributed by atoms with E-state index in [1.54, 1.807) is 0 Å². The van der Waals surface area contributed by atoms with Gasteiger partial charge in [-0.3, -0.25) is 0 Å². The molecule has 0 spiro atoms. The zero-order chi connectivity index (χ0) is 19.3. The van der Waals surface area contributed by atoms with Gasteiger partial charge in [0.05, 0.1) is 0 Å². The van der Waals surface area contributed by atoms with Crippen molar-refractivity contribution >= 4 is 53.1 Å². The minimum atomic E-state index is -0.310. The molecule has 2 aromatic carbocycles. The Labute approximate surface area is 183 Å². The van der Waals surface area contributed by atoms with Crippen LogP contribution in [0.1, 0.15) is 37.8 Å². The molecule has 0 aliphatic carbocycles. The normalized spacial score (nSPS) is 21.1. The van der Waals surface area contributed by atoms with Crippen molar-refractivity contribution in [2.75, 3.05) is 13.2 Å². The van der Waals surface area contributed by atoms with Crippen LogP contribution in [-0.2, 0) is 9.47 Å². The van der Waals surface area contributed by atoms with E-state index in [9.17, 15) is 0 Å². The van der Waals surface area contributed by atoms with Crippen LogP contribution in [0.4, 0.5) is 0 Å². The van der Waals surface area contributed by atoms with Crippen molar-refractivity contribution in [3.05, 3.63) is 59.7 Å². The summed E-state index contributed by atoms with van der Waals surface area (Å²) in [6.45, 7) is 5.77.